The Hall–Kier alpha value is -3.10. The molecule has 3 rings (SSSR count). The molecule has 1 heterocycles. The van der Waals surface area contributed by atoms with Crippen LogP contribution in [0.2, 0.25) is 0 Å². The van der Waals surface area contributed by atoms with Crippen molar-refractivity contribution in [2.45, 2.75) is 13.8 Å². The molecule has 0 saturated carbocycles. The van der Waals surface area contributed by atoms with Gasteiger partial charge in [-0.3, -0.25) is 4.79 Å². The molecule has 5 nitrogen and oxygen atoms in total. The summed E-state index contributed by atoms with van der Waals surface area (Å²) in [7, 11) is 2.96. The van der Waals surface area contributed by atoms with Gasteiger partial charge in [0.25, 0.3) is 5.91 Å². The highest BCUT2D eigenvalue weighted by Crippen LogP contribution is 2.35. The van der Waals surface area contributed by atoms with Gasteiger partial charge in [0.05, 0.1) is 32.0 Å². The van der Waals surface area contributed by atoms with Crippen LogP contribution in [0.4, 0.5) is 17.6 Å². The minimum absolute atomic E-state index is 0.0234. The third-order valence-corrected chi connectivity index (χ3v) is 4.63. The average Bonchev–Trinajstić information content (AvgIpc) is 3.03. The SMILES string of the molecule is COc1ccc(C2=NN(C(=O)c3cc(F)c(F)c(F)c3F)CC2(C)C)cc1OC. The van der Waals surface area contributed by atoms with E-state index in [2.05, 4.69) is 5.10 Å². The number of hydrogen-bond acceptors (Lipinski definition) is 4. The smallest absolute Gasteiger partial charge is 0.277 e. The summed E-state index contributed by atoms with van der Waals surface area (Å²) >= 11 is 0. The third kappa shape index (κ3) is 3.52. The third-order valence-electron chi connectivity index (χ3n) is 4.63. The van der Waals surface area contributed by atoms with Crippen molar-refractivity contribution in [1.29, 1.82) is 0 Å². The van der Waals surface area contributed by atoms with Crippen molar-refractivity contribution in [1.82, 2.24) is 5.01 Å². The first-order chi connectivity index (χ1) is 13.6. The fourth-order valence-electron chi connectivity index (χ4n) is 3.16. The minimum Gasteiger partial charge on any atom is -0.493 e. The molecule has 2 aromatic rings. The summed E-state index contributed by atoms with van der Waals surface area (Å²) in [4.78, 5) is 12.7. The van der Waals surface area contributed by atoms with Gasteiger partial charge in [-0.2, -0.15) is 5.10 Å². The van der Waals surface area contributed by atoms with Crippen LogP contribution in [-0.2, 0) is 0 Å². The molecule has 0 fully saturated rings. The van der Waals surface area contributed by atoms with Crippen molar-refractivity contribution in [2.24, 2.45) is 10.5 Å². The summed E-state index contributed by atoms with van der Waals surface area (Å²) in [5.41, 5.74) is -0.493. The van der Waals surface area contributed by atoms with Gasteiger partial charge in [-0.05, 0) is 24.3 Å². The highest BCUT2D eigenvalue weighted by molar-refractivity contribution is 6.08. The van der Waals surface area contributed by atoms with Crippen LogP contribution < -0.4 is 9.47 Å². The number of nitrogens with zero attached hydrogens (tertiary/aromatic N) is 2. The molecule has 0 atom stereocenters. The molecule has 29 heavy (non-hydrogen) atoms. The summed E-state index contributed by atoms with van der Waals surface area (Å²) in [6, 6.07) is 5.38. The van der Waals surface area contributed by atoms with Crippen molar-refractivity contribution in [3.8, 4) is 11.5 Å². The standard InChI is InChI=1S/C20H18F4N2O3/c1-20(2)9-26(19(27)11-8-12(21)16(23)17(24)15(11)22)25-18(20)10-5-6-13(28-3)14(7-10)29-4/h5-8H,9H2,1-4H3. The predicted molar refractivity (Wildman–Crippen MR) is 97.2 cm³/mol. The molecule has 2 aromatic carbocycles. The van der Waals surface area contributed by atoms with E-state index in [0.717, 1.165) is 5.01 Å². The Balaban J connectivity index is 2.02. The molecule has 0 unspecified atom stereocenters. The Bertz CT molecular complexity index is 1020. The molecule has 9 heteroatoms. The molecular weight excluding hydrogens is 392 g/mol. The van der Waals surface area contributed by atoms with Crippen LogP contribution in [0.3, 0.4) is 0 Å². The van der Waals surface area contributed by atoms with Gasteiger partial charge in [-0.1, -0.05) is 13.8 Å². The van der Waals surface area contributed by atoms with Crippen molar-refractivity contribution >= 4 is 11.6 Å². The molecule has 0 saturated heterocycles. The average molecular weight is 410 g/mol. The maximum atomic E-state index is 14.0. The Kier molecular flexibility index (Phi) is 5.25. The number of methoxy groups -OCH3 is 2. The van der Waals surface area contributed by atoms with Gasteiger partial charge in [0, 0.05) is 11.0 Å². The predicted octanol–water partition coefficient (Wildman–Crippen LogP) is 4.15. The molecule has 1 aliphatic rings. The highest BCUT2D eigenvalue weighted by Gasteiger charge is 2.39. The van der Waals surface area contributed by atoms with Gasteiger partial charge in [-0.25, -0.2) is 22.6 Å². The lowest BCUT2D eigenvalue weighted by atomic mass is 9.84. The molecule has 0 aromatic heterocycles. The summed E-state index contributed by atoms with van der Waals surface area (Å²) in [5.74, 6) is -7.58. The van der Waals surface area contributed by atoms with E-state index >= 15 is 0 Å². The molecule has 1 amide bonds. The second-order valence-electron chi connectivity index (χ2n) is 7.11. The second kappa shape index (κ2) is 7.38. The lowest BCUT2D eigenvalue weighted by molar-refractivity contribution is 0.0746. The summed E-state index contributed by atoms with van der Waals surface area (Å²) in [6.45, 7) is 3.63. The van der Waals surface area contributed by atoms with Crippen molar-refractivity contribution in [3.63, 3.8) is 0 Å². The number of carbonyl (C=O) groups excluding carboxylic acids is 1. The van der Waals surface area contributed by atoms with E-state index < -0.39 is 40.2 Å². The number of benzene rings is 2. The Labute approximate surface area is 164 Å². The number of amides is 1. The first-order valence-corrected chi connectivity index (χ1v) is 8.57. The number of carbonyl (C=O) groups is 1. The van der Waals surface area contributed by atoms with Crippen molar-refractivity contribution in [3.05, 3.63) is 58.7 Å². The molecule has 0 aliphatic carbocycles. The Morgan fingerprint density at radius 1 is 1.00 bits per heavy atom. The van der Waals surface area contributed by atoms with Crippen LogP contribution in [0.25, 0.3) is 0 Å². The van der Waals surface area contributed by atoms with Gasteiger partial charge >= 0.3 is 0 Å². The maximum absolute atomic E-state index is 14.0. The first kappa shape index (κ1) is 20.6. The van der Waals surface area contributed by atoms with E-state index in [4.69, 9.17) is 9.47 Å². The molecule has 0 radical (unpaired) electrons. The maximum Gasteiger partial charge on any atom is 0.277 e. The Morgan fingerprint density at radius 2 is 1.66 bits per heavy atom. The molecule has 154 valence electrons. The lowest BCUT2D eigenvalue weighted by Crippen LogP contribution is -2.32. The number of rotatable bonds is 4. The first-order valence-electron chi connectivity index (χ1n) is 8.57. The zero-order chi connectivity index (χ0) is 21.5. The van der Waals surface area contributed by atoms with Crippen molar-refractivity contribution < 1.29 is 31.8 Å². The van der Waals surface area contributed by atoms with Crippen LogP contribution in [0.5, 0.6) is 11.5 Å². The van der Waals surface area contributed by atoms with E-state index in [-0.39, 0.29) is 6.54 Å². The largest absolute Gasteiger partial charge is 0.493 e. The minimum atomic E-state index is -2.05. The molecular formula is C20H18F4N2O3. The molecule has 1 aliphatic heterocycles. The quantitative estimate of drug-likeness (QED) is 0.432. The van der Waals surface area contributed by atoms with Gasteiger partial charge in [0.2, 0.25) is 0 Å². The fourth-order valence-corrected chi connectivity index (χ4v) is 3.16. The number of ether oxygens (including phenoxy) is 2. The highest BCUT2D eigenvalue weighted by atomic mass is 19.2. The fraction of sp³-hybridized carbons (Fsp3) is 0.300. The zero-order valence-corrected chi connectivity index (χ0v) is 16.1. The van der Waals surface area contributed by atoms with Crippen LogP contribution in [0, 0.1) is 28.7 Å². The topological polar surface area (TPSA) is 51.1 Å². The molecule has 0 N–H and O–H groups in total. The number of hydrogen-bond donors (Lipinski definition) is 0. The van der Waals surface area contributed by atoms with Gasteiger partial charge in [0.1, 0.15) is 0 Å². The van der Waals surface area contributed by atoms with E-state index in [9.17, 15) is 22.4 Å². The van der Waals surface area contributed by atoms with E-state index in [0.29, 0.717) is 28.8 Å². The van der Waals surface area contributed by atoms with Crippen LogP contribution in [0.15, 0.2) is 29.4 Å². The zero-order valence-electron chi connectivity index (χ0n) is 16.1. The van der Waals surface area contributed by atoms with E-state index in [1.54, 1.807) is 32.0 Å². The normalized spacial score (nSPS) is 15.3. The van der Waals surface area contributed by atoms with Crippen molar-refractivity contribution in [2.75, 3.05) is 20.8 Å². The van der Waals surface area contributed by atoms with E-state index in [1.165, 1.54) is 14.2 Å². The van der Waals surface area contributed by atoms with Crippen LogP contribution in [-0.4, -0.2) is 37.4 Å². The molecule has 0 bridgehead atoms. The number of hydrazone groups is 1. The second-order valence-corrected chi connectivity index (χ2v) is 7.11. The van der Waals surface area contributed by atoms with Gasteiger partial charge < -0.3 is 9.47 Å². The Morgan fingerprint density at radius 3 is 2.28 bits per heavy atom. The number of halogens is 4. The van der Waals surface area contributed by atoms with Crippen LogP contribution in [0.1, 0.15) is 29.8 Å². The summed E-state index contributed by atoms with van der Waals surface area (Å²) in [5, 5.41) is 5.14. The lowest BCUT2D eigenvalue weighted by Gasteiger charge is -2.21. The van der Waals surface area contributed by atoms with E-state index in [1.807, 2.05) is 0 Å². The van der Waals surface area contributed by atoms with Gasteiger partial charge in [-0.15, -0.1) is 0 Å². The summed E-state index contributed by atoms with van der Waals surface area (Å²) in [6.07, 6.45) is 0. The molecule has 0 spiro atoms. The monoisotopic (exact) mass is 410 g/mol. The summed E-state index contributed by atoms with van der Waals surface area (Å²) < 4.78 is 64.7. The van der Waals surface area contributed by atoms with Gasteiger partial charge in [0.15, 0.2) is 34.8 Å². The van der Waals surface area contributed by atoms with Crippen LogP contribution >= 0.6 is 0 Å².